The summed E-state index contributed by atoms with van der Waals surface area (Å²) < 4.78 is 5.84. The van der Waals surface area contributed by atoms with Crippen LogP contribution in [0.5, 0.6) is 0 Å². The Bertz CT molecular complexity index is 2930. The maximum atomic E-state index is 3.86. The zero-order chi connectivity index (χ0) is 35.9. The maximum Gasteiger partial charge on any atom is 0.0547 e. The van der Waals surface area contributed by atoms with Gasteiger partial charge in [0.25, 0.3) is 0 Å². The standard InChI is InChI=1S/C48H31BrN2.H2S2/c49-44-20-10-7-17-39(44)36-28-34(32-24-26-47-43(30-32)41-19-9-12-22-46(41)50(47)37-13-3-1-4-14-37)27-35(29-36)33-23-25-42-40-18-8-11-21-45(40)51(48(42)31-33)38-15-5-2-6-16-38;1-2/h1-31H;1-2H. The van der Waals surface area contributed by atoms with E-state index >= 15 is 0 Å². The molecule has 2 aromatic heterocycles. The monoisotopic (exact) mass is 780 g/mol. The molecule has 0 saturated carbocycles. The summed E-state index contributed by atoms with van der Waals surface area (Å²) >= 11 is 10.3. The maximum absolute atomic E-state index is 3.86. The predicted octanol–water partition coefficient (Wildman–Crippen LogP) is 14.4. The lowest BCUT2D eigenvalue weighted by Gasteiger charge is -2.14. The number of hydrogen-bond donors (Lipinski definition) is 2. The molecule has 254 valence electrons. The SMILES string of the molecule is Brc1ccccc1-c1cc(-c2ccc3c(c2)c2ccccc2n3-c2ccccc2)cc(-c2ccc3c4ccccc4n(-c4ccccc4)c3c2)c1.SS. The van der Waals surface area contributed by atoms with E-state index in [9.17, 15) is 0 Å². The van der Waals surface area contributed by atoms with Crippen molar-refractivity contribution in [3.63, 3.8) is 0 Å². The van der Waals surface area contributed by atoms with E-state index in [0.29, 0.717) is 0 Å². The Morgan fingerprint density at radius 1 is 0.321 bits per heavy atom. The molecule has 53 heavy (non-hydrogen) atoms. The van der Waals surface area contributed by atoms with Crippen molar-refractivity contribution >= 4 is 82.9 Å². The highest BCUT2D eigenvalue weighted by molar-refractivity contribution is 9.10. The van der Waals surface area contributed by atoms with Gasteiger partial charge in [-0.3, -0.25) is 0 Å². The molecule has 8 aromatic carbocycles. The van der Waals surface area contributed by atoms with Crippen molar-refractivity contribution in [2.45, 2.75) is 0 Å². The summed E-state index contributed by atoms with van der Waals surface area (Å²) in [7, 11) is 0. The topological polar surface area (TPSA) is 9.86 Å². The number of nitrogens with zero attached hydrogens (tertiary/aromatic N) is 2. The normalized spacial score (nSPS) is 11.3. The van der Waals surface area contributed by atoms with Gasteiger partial charge in [-0.25, -0.2) is 0 Å². The minimum atomic E-state index is 1.08. The van der Waals surface area contributed by atoms with Crippen LogP contribution in [0.2, 0.25) is 0 Å². The van der Waals surface area contributed by atoms with E-state index in [4.69, 9.17) is 0 Å². The molecule has 2 heterocycles. The highest BCUT2D eigenvalue weighted by atomic mass is 79.9. The quantitative estimate of drug-likeness (QED) is 0.127. The minimum Gasteiger partial charge on any atom is -0.309 e. The van der Waals surface area contributed by atoms with Crippen LogP contribution >= 0.6 is 39.3 Å². The van der Waals surface area contributed by atoms with Crippen molar-refractivity contribution in [3.05, 3.63) is 193 Å². The van der Waals surface area contributed by atoms with Crippen LogP contribution in [0.4, 0.5) is 0 Å². The van der Waals surface area contributed by atoms with Gasteiger partial charge in [-0.05, 0) is 112 Å². The van der Waals surface area contributed by atoms with Crippen LogP contribution in [0, 0.1) is 0 Å². The van der Waals surface area contributed by atoms with Crippen LogP contribution in [0.25, 0.3) is 88.4 Å². The van der Waals surface area contributed by atoms with Gasteiger partial charge in [0.1, 0.15) is 0 Å². The van der Waals surface area contributed by atoms with Crippen molar-refractivity contribution < 1.29 is 0 Å². The highest BCUT2D eigenvalue weighted by Crippen LogP contribution is 2.40. The molecule has 10 rings (SSSR count). The first-order valence-corrected chi connectivity index (χ1v) is 19.9. The third-order valence-electron chi connectivity index (χ3n) is 10.2. The zero-order valence-electron chi connectivity index (χ0n) is 28.6. The molecule has 0 aliphatic heterocycles. The van der Waals surface area contributed by atoms with Gasteiger partial charge >= 0.3 is 0 Å². The van der Waals surface area contributed by atoms with Gasteiger partial charge in [0, 0.05) is 37.4 Å². The van der Waals surface area contributed by atoms with Gasteiger partial charge in [0.2, 0.25) is 0 Å². The molecule has 0 bridgehead atoms. The van der Waals surface area contributed by atoms with E-state index in [0.717, 1.165) is 15.8 Å². The van der Waals surface area contributed by atoms with Gasteiger partial charge in [0.15, 0.2) is 0 Å². The lowest BCUT2D eigenvalue weighted by molar-refractivity contribution is 1.18. The average Bonchev–Trinajstić information content (AvgIpc) is 3.74. The van der Waals surface area contributed by atoms with Gasteiger partial charge in [-0.2, -0.15) is 0 Å². The van der Waals surface area contributed by atoms with E-state index in [2.05, 4.69) is 236 Å². The highest BCUT2D eigenvalue weighted by Gasteiger charge is 2.17. The molecule has 10 aromatic rings. The summed E-state index contributed by atoms with van der Waals surface area (Å²) in [6.45, 7) is 0. The van der Waals surface area contributed by atoms with E-state index in [1.54, 1.807) is 0 Å². The molecule has 5 heteroatoms. The Kier molecular flexibility index (Phi) is 8.92. The molecule has 0 aliphatic carbocycles. The Hall–Kier alpha value is -5.46. The third kappa shape index (κ3) is 5.86. The molecule has 0 aliphatic rings. The van der Waals surface area contributed by atoms with Crippen molar-refractivity contribution in [1.29, 1.82) is 0 Å². The van der Waals surface area contributed by atoms with E-state index < -0.39 is 0 Å². The average molecular weight is 782 g/mol. The first-order valence-electron chi connectivity index (χ1n) is 17.5. The number of halogens is 1. The Morgan fingerprint density at radius 3 is 1.42 bits per heavy atom. The molecule has 0 N–H and O–H groups in total. The van der Waals surface area contributed by atoms with Crippen molar-refractivity contribution in [2.75, 3.05) is 0 Å². The third-order valence-corrected chi connectivity index (χ3v) is 10.9. The first-order chi connectivity index (χ1) is 26.2. The van der Waals surface area contributed by atoms with E-state index in [1.165, 1.54) is 77.0 Å². The largest absolute Gasteiger partial charge is 0.309 e. The molecular weight excluding hydrogens is 749 g/mol. The molecule has 0 unspecified atom stereocenters. The molecule has 0 atom stereocenters. The number of thiol groups is 2. The summed E-state index contributed by atoms with van der Waals surface area (Å²) in [6, 6.07) is 68.2. The van der Waals surface area contributed by atoms with Gasteiger partial charge in [0.05, 0.1) is 22.1 Å². The number of para-hydroxylation sites is 4. The van der Waals surface area contributed by atoms with Crippen molar-refractivity contribution in [1.82, 2.24) is 9.13 Å². The summed E-state index contributed by atoms with van der Waals surface area (Å²) in [5.41, 5.74) is 14.2. The second kappa shape index (κ2) is 14.2. The van der Waals surface area contributed by atoms with Gasteiger partial charge < -0.3 is 9.13 Å². The number of rotatable bonds is 5. The Balaban J connectivity index is 0.00000183. The van der Waals surface area contributed by atoms with Gasteiger partial charge in [-0.15, -0.1) is 23.3 Å². The lowest BCUT2D eigenvalue weighted by atomic mass is 9.92. The smallest absolute Gasteiger partial charge is 0.0547 e. The fourth-order valence-corrected chi connectivity index (χ4v) is 8.34. The molecule has 0 radical (unpaired) electrons. The predicted molar refractivity (Wildman–Crippen MR) is 237 cm³/mol. The van der Waals surface area contributed by atoms with Crippen LogP contribution in [0.3, 0.4) is 0 Å². The van der Waals surface area contributed by atoms with Crippen LogP contribution in [-0.2, 0) is 0 Å². The fraction of sp³-hybridized carbons (Fsp3) is 0. The summed E-state index contributed by atoms with van der Waals surface area (Å²) in [6.07, 6.45) is 0. The molecule has 0 saturated heterocycles. The zero-order valence-corrected chi connectivity index (χ0v) is 31.9. The summed E-state index contributed by atoms with van der Waals surface area (Å²) in [4.78, 5) is 0. The summed E-state index contributed by atoms with van der Waals surface area (Å²) in [5.74, 6) is 0. The number of hydrogen-bond acceptors (Lipinski definition) is 2. The van der Waals surface area contributed by atoms with Crippen LogP contribution in [-0.4, -0.2) is 9.13 Å². The molecule has 2 nitrogen and oxygen atoms in total. The minimum absolute atomic E-state index is 1.08. The van der Waals surface area contributed by atoms with Crippen LogP contribution < -0.4 is 0 Å². The Labute approximate surface area is 327 Å². The number of benzene rings is 8. The van der Waals surface area contributed by atoms with Crippen LogP contribution in [0.15, 0.2) is 193 Å². The van der Waals surface area contributed by atoms with Crippen LogP contribution in [0.1, 0.15) is 0 Å². The number of aromatic nitrogens is 2. The first kappa shape index (κ1) is 33.4. The van der Waals surface area contributed by atoms with Crippen molar-refractivity contribution in [3.8, 4) is 44.8 Å². The molecule has 0 fully saturated rings. The van der Waals surface area contributed by atoms with E-state index in [-0.39, 0.29) is 0 Å². The Morgan fingerprint density at radius 2 is 0.774 bits per heavy atom. The number of fused-ring (bicyclic) bond motifs is 6. The van der Waals surface area contributed by atoms with Crippen molar-refractivity contribution in [2.24, 2.45) is 0 Å². The van der Waals surface area contributed by atoms with E-state index in [1.807, 2.05) is 0 Å². The molecule has 0 amide bonds. The van der Waals surface area contributed by atoms with Gasteiger partial charge in [-0.1, -0.05) is 125 Å². The summed E-state index contributed by atoms with van der Waals surface area (Å²) in [5, 5.41) is 5.00. The molecular formula is C48H33BrN2S2. The second-order valence-electron chi connectivity index (χ2n) is 13.1. The second-order valence-corrected chi connectivity index (χ2v) is 14.0. The lowest BCUT2D eigenvalue weighted by Crippen LogP contribution is -1.93. The fourth-order valence-electron chi connectivity index (χ4n) is 7.82. The molecule has 0 spiro atoms.